The Kier molecular flexibility index (Phi) is 6.08. The third-order valence-corrected chi connectivity index (χ3v) is 2.11. The maximum Gasteiger partial charge on any atom is 0.120 e. The van der Waals surface area contributed by atoms with Crippen molar-refractivity contribution in [3.05, 3.63) is 23.8 Å². The molecule has 86 valence electrons. The van der Waals surface area contributed by atoms with Crippen LogP contribution in [0.2, 0.25) is 0 Å². The molecule has 0 spiro atoms. The first-order valence-corrected chi connectivity index (χ1v) is 4.51. The molecule has 0 aliphatic carbocycles. The van der Waals surface area contributed by atoms with Crippen molar-refractivity contribution in [2.75, 3.05) is 13.7 Å². The van der Waals surface area contributed by atoms with E-state index in [1.54, 1.807) is 25.3 Å². The van der Waals surface area contributed by atoms with E-state index in [1.807, 2.05) is 0 Å². The van der Waals surface area contributed by atoms with Gasteiger partial charge in [-0.05, 0) is 31.2 Å². The molecular weight excluding hydrogens is 216 g/mol. The minimum atomic E-state index is -0.241. The lowest BCUT2D eigenvalue weighted by molar-refractivity contribution is 0.409. The van der Waals surface area contributed by atoms with Gasteiger partial charge in [-0.3, -0.25) is 0 Å². The van der Waals surface area contributed by atoms with Crippen LogP contribution in [0.25, 0.3) is 0 Å². The summed E-state index contributed by atoms with van der Waals surface area (Å²) in [6, 6.07) is 4.75. The Morgan fingerprint density at radius 1 is 1.47 bits per heavy atom. The van der Waals surface area contributed by atoms with Crippen LogP contribution in [-0.4, -0.2) is 18.8 Å². The van der Waals surface area contributed by atoms with Crippen LogP contribution in [-0.2, 0) is 0 Å². The molecule has 0 heterocycles. The van der Waals surface area contributed by atoms with Crippen molar-refractivity contribution >= 4 is 12.4 Å². The summed E-state index contributed by atoms with van der Waals surface area (Å²) in [6.07, 6.45) is 0.640. The number of rotatable bonds is 4. The fraction of sp³-hybridized carbons (Fsp3) is 0.400. The molecule has 1 rings (SSSR count). The van der Waals surface area contributed by atoms with E-state index in [0.29, 0.717) is 24.3 Å². The lowest BCUT2D eigenvalue weighted by Gasteiger charge is -2.13. The zero-order valence-corrected chi connectivity index (χ0v) is 9.46. The molecular formula is C10H17ClN2O2. The second-order valence-electron chi connectivity index (χ2n) is 3.11. The predicted molar refractivity (Wildman–Crippen MR) is 62.5 cm³/mol. The number of hydrogen-bond acceptors (Lipinski definition) is 4. The molecule has 0 aliphatic rings. The van der Waals surface area contributed by atoms with E-state index in [4.69, 9.17) is 16.2 Å². The molecule has 0 bridgehead atoms. The van der Waals surface area contributed by atoms with E-state index in [-0.39, 0.29) is 24.2 Å². The molecule has 0 unspecified atom stereocenters. The topological polar surface area (TPSA) is 81.5 Å². The average Bonchev–Trinajstić information content (AvgIpc) is 2.19. The first-order chi connectivity index (χ1) is 6.69. The summed E-state index contributed by atoms with van der Waals surface area (Å²) in [5.41, 5.74) is 11.9. The number of phenols is 1. The molecule has 5 heteroatoms. The van der Waals surface area contributed by atoms with Crippen molar-refractivity contribution in [3.63, 3.8) is 0 Å². The van der Waals surface area contributed by atoms with Crippen LogP contribution in [0, 0.1) is 0 Å². The lowest BCUT2D eigenvalue weighted by Crippen LogP contribution is -2.15. The second-order valence-corrected chi connectivity index (χ2v) is 3.11. The van der Waals surface area contributed by atoms with Gasteiger partial charge in [0, 0.05) is 11.6 Å². The number of methoxy groups -OCH3 is 1. The van der Waals surface area contributed by atoms with E-state index in [1.165, 1.54) is 0 Å². The number of phenolic OH excluding ortho intramolecular Hbond substituents is 1. The van der Waals surface area contributed by atoms with E-state index in [0.717, 1.165) is 0 Å². The number of benzene rings is 1. The number of aromatic hydroxyl groups is 1. The molecule has 0 amide bonds. The molecule has 0 saturated heterocycles. The molecule has 0 aliphatic heterocycles. The molecule has 0 fully saturated rings. The highest BCUT2D eigenvalue weighted by Crippen LogP contribution is 2.28. The Morgan fingerprint density at radius 2 is 2.13 bits per heavy atom. The Hall–Kier alpha value is -0.970. The molecule has 1 atom stereocenters. The average molecular weight is 233 g/mol. The van der Waals surface area contributed by atoms with E-state index < -0.39 is 0 Å². The van der Waals surface area contributed by atoms with Gasteiger partial charge in [-0.15, -0.1) is 12.4 Å². The van der Waals surface area contributed by atoms with Crippen LogP contribution < -0.4 is 16.2 Å². The largest absolute Gasteiger partial charge is 0.508 e. The highest BCUT2D eigenvalue weighted by Gasteiger charge is 2.10. The third-order valence-electron chi connectivity index (χ3n) is 2.11. The van der Waals surface area contributed by atoms with Gasteiger partial charge >= 0.3 is 0 Å². The molecule has 15 heavy (non-hydrogen) atoms. The van der Waals surface area contributed by atoms with Gasteiger partial charge in [0.25, 0.3) is 0 Å². The molecule has 0 radical (unpaired) electrons. The van der Waals surface area contributed by atoms with E-state index in [9.17, 15) is 5.11 Å². The van der Waals surface area contributed by atoms with Crippen LogP contribution in [0.4, 0.5) is 0 Å². The predicted octanol–water partition coefficient (Wildman–Crippen LogP) is 1.17. The smallest absolute Gasteiger partial charge is 0.120 e. The van der Waals surface area contributed by atoms with Gasteiger partial charge < -0.3 is 21.3 Å². The van der Waals surface area contributed by atoms with E-state index >= 15 is 0 Å². The minimum absolute atomic E-state index is 0. The molecule has 1 aromatic rings. The highest BCUT2D eigenvalue weighted by atomic mass is 35.5. The highest BCUT2D eigenvalue weighted by molar-refractivity contribution is 5.85. The first kappa shape index (κ1) is 14.0. The Labute approximate surface area is 95.6 Å². The second kappa shape index (κ2) is 6.50. The summed E-state index contributed by atoms with van der Waals surface area (Å²) in [5.74, 6) is 0.872. The summed E-state index contributed by atoms with van der Waals surface area (Å²) in [7, 11) is 1.57. The molecule has 0 aromatic heterocycles. The third kappa shape index (κ3) is 3.58. The van der Waals surface area contributed by atoms with Crippen molar-refractivity contribution < 1.29 is 9.84 Å². The summed E-state index contributed by atoms with van der Waals surface area (Å²) < 4.78 is 5.04. The standard InChI is InChI=1S/C10H16N2O2.ClH/c1-14-7-2-3-10(13)8(6-7)9(12)4-5-11;/h2-3,6,9,13H,4-5,11-12H2,1H3;1H/t9-;/m0./s1. The number of hydrogen-bond donors (Lipinski definition) is 3. The summed E-state index contributed by atoms with van der Waals surface area (Å²) >= 11 is 0. The molecule has 0 saturated carbocycles. The summed E-state index contributed by atoms with van der Waals surface area (Å²) in [4.78, 5) is 0. The monoisotopic (exact) mass is 232 g/mol. The van der Waals surface area contributed by atoms with Gasteiger partial charge in [0.15, 0.2) is 0 Å². The van der Waals surface area contributed by atoms with Crippen molar-refractivity contribution in [2.24, 2.45) is 11.5 Å². The van der Waals surface area contributed by atoms with Crippen LogP contribution in [0.5, 0.6) is 11.5 Å². The van der Waals surface area contributed by atoms with Gasteiger partial charge in [0.1, 0.15) is 11.5 Å². The fourth-order valence-corrected chi connectivity index (χ4v) is 1.29. The fourth-order valence-electron chi connectivity index (χ4n) is 1.29. The van der Waals surface area contributed by atoms with Gasteiger partial charge in [0.2, 0.25) is 0 Å². The van der Waals surface area contributed by atoms with Gasteiger partial charge in [-0.2, -0.15) is 0 Å². The Bertz CT molecular complexity index is 307. The van der Waals surface area contributed by atoms with Gasteiger partial charge in [-0.25, -0.2) is 0 Å². The van der Waals surface area contributed by atoms with Crippen molar-refractivity contribution in [1.29, 1.82) is 0 Å². The maximum absolute atomic E-state index is 9.55. The molecule has 5 N–H and O–H groups in total. The van der Waals surface area contributed by atoms with Crippen LogP contribution >= 0.6 is 12.4 Å². The minimum Gasteiger partial charge on any atom is -0.508 e. The lowest BCUT2D eigenvalue weighted by atomic mass is 10.0. The van der Waals surface area contributed by atoms with Crippen LogP contribution in [0.3, 0.4) is 0 Å². The van der Waals surface area contributed by atoms with Crippen LogP contribution in [0.15, 0.2) is 18.2 Å². The van der Waals surface area contributed by atoms with Gasteiger partial charge in [-0.1, -0.05) is 0 Å². The quantitative estimate of drug-likeness (QED) is 0.728. The first-order valence-electron chi connectivity index (χ1n) is 4.51. The van der Waals surface area contributed by atoms with Gasteiger partial charge in [0.05, 0.1) is 7.11 Å². The normalized spacial score (nSPS) is 11.7. The number of halogens is 1. The SMILES string of the molecule is COc1ccc(O)c([C@@H](N)CCN)c1.Cl. The number of nitrogens with two attached hydrogens (primary N) is 2. The van der Waals surface area contributed by atoms with E-state index in [2.05, 4.69) is 0 Å². The zero-order chi connectivity index (χ0) is 10.6. The van der Waals surface area contributed by atoms with Crippen molar-refractivity contribution in [1.82, 2.24) is 0 Å². The molecule has 4 nitrogen and oxygen atoms in total. The maximum atomic E-state index is 9.55. The van der Waals surface area contributed by atoms with Crippen molar-refractivity contribution in [2.45, 2.75) is 12.5 Å². The van der Waals surface area contributed by atoms with Crippen LogP contribution in [0.1, 0.15) is 18.0 Å². The summed E-state index contributed by atoms with van der Waals surface area (Å²) in [6.45, 7) is 0.498. The summed E-state index contributed by atoms with van der Waals surface area (Å²) in [5, 5.41) is 9.55. The molecule has 1 aromatic carbocycles. The number of ether oxygens (including phenoxy) is 1. The van der Waals surface area contributed by atoms with Crippen molar-refractivity contribution in [3.8, 4) is 11.5 Å². The zero-order valence-electron chi connectivity index (χ0n) is 8.64. The Morgan fingerprint density at radius 3 is 2.67 bits per heavy atom. The Balaban J connectivity index is 0.00000196.